The molecule has 0 aliphatic carbocycles. The van der Waals surface area contributed by atoms with Crippen LogP contribution in [-0.2, 0) is 9.53 Å². The van der Waals surface area contributed by atoms with Gasteiger partial charge in [-0.05, 0) is 29.8 Å². The van der Waals surface area contributed by atoms with Crippen LogP contribution in [0.2, 0.25) is 0 Å². The molecule has 148 valence electrons. The predicted octanol–water partition coefficient (Wildman–Crippen LogP) is 3.98. The van der Waals surface area contributed by atoms with E-state index in [1.807, 2.05) is 41.7 Å². The van der Waals surface area contributed by atoms with Crippen molar-refractivity contribution in [1.29, 1.82) is 0 Å². The molecule has 6 nitrogen and oxygen atoms in total. The minimum atomic E-state index is -0.517. The minimum absolute atomic E-state index is 0.210. The van der Waals surface area contributed by atoms with Gasteiger partial charge >= 0.3 is 5.97 Å². The average molecular weight is 420 g/mol. The Morgan fingerprint density at radius 1 is 1.07 bits per heavy atom. The van der Waals surface area contributed by atoms with Crippen molar-refractivity contribution in [3.05, 3.63) is 53.6 Å². The Morgan fingerprint density at radius 3 is 2.54 bits per heavy atom. The lowest BCUT2D eigenvalue weighted by atomic mass is 10.2. The quantitative estimate of drug-likeness (QED) is 0.681. The largest absolute Gasteiger partial charge is 0.493 e. The van der Waals surface area contributed by atoms with Gasteiger partial charge in [0.25, 0.3) is 5.91 Å². The van der Waals surface area contributed by atoms with Crippen LogP contribution in [-0.4, -0.2) is 44.2 Å². The molecule has 2 aromatic rings. The highest BCUT2D eigenvalue weighted by molar-refractivity contribution is 8.19. The Bertz CT molecular complexity index is 852. The molecule has 1 aliphatic rings. The van der Waals surface area contributed by atoms with Crippen molar-refractivity contribution in [3.8, 4) is 11.5 Å². The van der Waals surface area contributed by atoms with Gasteiger partial charge in [-0.2, -0.15) is 0 Å². The number of rotatable bonds is 7. The lowest BCUT2D eigenvalue weighted by Gasteiger charge is -2.15. The summed E-state index contributed by atoms with van der Waals surface area (Å²) in [7, 11) is 2.87. The van der Waals surface area contributed by atoms with Crippen LogP contribution in [0.3, 0.4) is 0 Å². The summed E-state index contributed by atoms with van der Waals surface area (Å²) in [5.41, 5.74) is 1.83. The van der Waals surface area contributed by atoms with Crippen molar-refractivity contribution in [3.63, 3.8) is 0 Å². The van der Waals surface area contributed by atoms with Crippen molar-refractivity contribution < 1.29 is 23.8 Å². The van der Waals surface area contributed by atoms with Gasteiger partial charge in [-0.1, -0.05) is 18.2 Å². The summed E-state index contributed by atoms with van der Waals surface area (Å²) < 4.78 is 16.2. The van der Waals surface area contributed by atoms with E-state index in [-0.39, 0.29) is 18.1 Å². The lowest BCUT2D eigenvalue weighted by Crippen LogP contribution is -2.22. The molecule has 0 saturated carbocycles. The number of para-hydroxylation sites is 1. The smallest absolute Gasteiger partial charge is 0.339 e. The molecule has 0 bridgehead atoms. The Morgan fingerprint density at radius 2 is 1.82 bits per heavy atom. The number of ether oxygens (including phenoxy) is 3. The fourth-order valence-electron chi connectivity index (χ4n) is 2.71. The summed E-state index contributed by atoms with van der Waals surface area (Å²) in [5, 5.41) is 2.68. The van der Waals surface area contributed by atoms with Crippen LogP contribution in [0, 0.1) is 0 Å². The molecule has 1 heterocycles. The Kier molecular flexibility index (Phi) is 7.11. The highest BCUT2D eigenvalue weighted by atomic mass is 32.2. The molecule has 1 N–H and O–H groups in total. The molecule has 0 atom stereocenters. The van der Waals surface area contributed by atoms with Crippen LogP contribution in [0.5, 0.6) is 11.5 Å². The average Bonchev–Trinajstić information content (AvgIpc) is 3.27. The van der Waals surface area contributed by atoms with E-state index in [1.54, 1.807) is 31.4 Å². The Hall–Kier alpha value is -2.32. The molecule has 0 unspecified atom stereocenters. The first-order valence-electron chi connectivity index (χ1n) is 8.63. The van der Waals surface area contributed by atoms with Gasteiger partial charge in [0.1, 0.15) is 0 Å². The van der Waals surface area contributed by atoms with Gasteiger partial charge in [0.2, 0.25) is 0 Å². The molecule has 1 saturated heterocycles. The number of hydrogen-bond donors (Lipinski definition) is 1. The summed E-state index contributed by atoms with van der Waals surface area (Å²) in [5.74, 6) is 2.47. The van der Waals surface area contributed by atoms with Gasteiger partial charge in [-0.25, -0.2) is 4.79 Å². The fourth-order valence-corrected chi connectivity index (χ4v) is 5.55. The third-order valence-electron chi connectivity index (χ3n) is 4.05. The molecule has 3 rings (SSSR count). The Labute approximate surface area is 172 Å². The Balaban J connectivity index is 1.64. The first kappa shape index (κ1) is 20.4. The number of amides is 1. The first-order chi connectivity index (χ1) is 13.6. The number of benzene rings is 2. The van der Waals surface area contributed by atoms with Crippen LogP contribution < -0.4 is 14.8 Å². The third kappa shape index (κ3) is 4.94. The molecule has 28 heavy (non-hydrogen) atoms. The maximum absolute atomic E-state index is 12.3. The number of methoxy groups -OCH3 is 2. The molecular formula is C20H21NO5S2. The summed E-state index contributed by atoms with van der Waals surface area (Å²) in [6.45, 7) is -0.210. The van der Waals surface area contributed by atoms with Gasteiger partial charge in [-0.15, -0.1) is 23.5 Å². The van der Waals surface area contributed by atoms with Crippen molar-refractivity contribution >= 4 is 41.1 Å². The molecule has 1 fully saturated rings. The van der Waals surface area contributed by atoms with Crippen LogP contribution in [0.4, 0.5) is 5.69 Å². The van der Waals surface area contributed by atoms with E-state index in [0.717, 1.165) is 11.5 Å². The molecule has 1 amide bonds. The summed E-state index contributed by atoms with van der Waals surface area (Å²) in [6.07, 6.45) is 0. The van der Waals surface area contributed by atoms with Gasteiger partial charge in [0.15, 0.2) is 18.1 Å². The van der Waals surface area contributed by atoms with Crippen LogP contribution >= 0.6 is 23.5 Å². The second kappa shape index (κ2) is 9.75. The van der Waals surface area contributed by atoms with E-state index in [1.165, 1.54) is 12.7 Å². The lowest BCUT2D eigenvalue weighted by molar-refractivity contribution is -0.118. The topological polar surface area (TPSA) is 73.9 Å². The van der Waals surface area contributed by atoms with Gasteiger partial charge in [-0.3, -0.25) is 4.79 Å². The third-order valence-corrected chi connectivity index (χ3v) is 7.15. The molecule has 8 heteroatoms. The predicted molar refractivity (Wildman–Crippen MR) is 113 cm³/mol. The zero-order chi connectivity index (χ0) is 19.9. The van der Waals surface area contributed by atoms with Crippen LogP contribution in [0.25, 0.3) is 0 Å². The highest BCUT2D eigenvalue weighted by Gasteiger charge is 2.20. The second-order valence-electron chi connectivity index (χ2n) is 5.86. The van der Waals surface area contributed by atoms with E-state index < -0.39 is 5.97 Å². The SMILES string of the molecule is COC(=O)c1ccccc1NC(=O)COc1ccc(C2SCCS2)cc1OC. The fraction of sp³-hybridized carbons (Fsp3) is 0.300. The highest BCUT2D eigenvalue weighted by Crippen LogP contribution is 2.46. The number of carbonyl (C=O) groups excluding carboxylic acids is 2. The zero-order valence-corrected chi connectivity index (χ0v) is 17.2. The molecular weight excluding hydrogens is 398 g/mol. The molecule has 1 aliphatic heterocycles. The maximum Gasteiger partial charge on any atom is 0.339 e. The maximum atomic E-state index is 12.3. The van der Waals surface area contributed by atoms with Crippen molar-refractivity contribution in [2.75, 3.05) is 37.6 Å². The standard InChI is InChI=1S/C20H21NO5S2/c1-24-17-11-13(20-27-9-10-28-20)7-8-16(17)26-12-18(22)21-15-6-4-3-5-14(15)19(23)25-2/h3-8,11,20H,9-10,12H2,1-2H3,(H,21,22). The van der Waals surface area contributed by atoms with Gasteiger partial charge in [0, 0.05) is 11.5 Å². The minimum Gasteiger partial charge on any atom is -0.493 e. The van der Waals surface area contributed by atoms with E-state index in [2.05, 4.69) is 5.32 Å². The normalized spacial score (nSPS) is 13.8. The molecule has 0 aromatic heterocycles. The number of esters is 1. The number of thioether (sulfide) groups is 2. The van der Waals surface area contributed by atoms with E-state index in [4.69, 9.17) is 14.2 Å². The second-order valence-corrected chi connectivity index (χ2v) is 8.58. The van der Waals surface area contributed by atoms with Crippen molar-refractivity contribution in [1.82, 2.24) is 0 Å². The van der Waals surface area contributed by atoms with Gasteiger partial charge < -0.3 is 19.5 Å². The summed E-state index contributed by atoms with van der Waals surface area (Å²) in [4.78, 5) is 24.1. The first-order valence-corrected chi connectivity index (χ1v) is 10.7. The summed E-state index contributed by atoms with van der Waals surface area (Å²) in [6, 6.07) is 12.4. The van der Waals surface area contributed by atoms with Crippen LogP contribution in [0.15, 0.2) is 42.5 Å². The summed E-state index contributed by atoms with van der Waals surface area (Å²) >= 11 is 3.82. The van der Waals surface area contributed by atoms with Crippen molar-refractivity contribution in [2.24, 2.45) is 0 Å². The number of anilines is 1. The molecule has 0 spiro atoms. The van der Waals surface area contributed by atoms with Crippen molar-refractivity contribution in [2.45, 2.75) is 4.58 Å². The van der Waals surface area contributed by atoms with E-state index >= 15 is 0 Å². The number of hydrogen-bond acceptors (Lipinski definition) is 7. The number of carbonyl (C=O) groups is 2. The van der Waals surface area contributed by atoms with Gasteiger partial charge in [0.05, 0.1) is 30.1 Å². The molecule has 0 radical (unpaired) electrons. The number of nitrogens with one attached hydrogen (secondary N) is 1. The van der Waals surface area contributed by atoms with E-state index in [9.17, 15) is 9.59 Å². The monoisotopic (exact) mass is 419 g/mol. The molecule has 2 aromatic carbocycles. The van der Waals surface area contributed by atoms with E-state index in [0.29, 0.717) is 21.8 Å². The van der Waals surface area contributed by atoms with Crippen LogP contribution in [0.1, 0.15) is 20.5 Å². The zero-order valence-electron chi connectivity index (χ0n) is 15.6.